The van der Waals surface area contributed by atoms with Crippen molar-refractivity contribution in [1.82, 2.24) is 15.6 Å². The van der Waals surface area contributed by atoms with Crippen molar-refractivity contribution < 1.29 is 23.1 Å². The Morgan fingerprint density at radius 1 is 1.00 bits per heavy atom. The Labute approximate surface area is 188 Å². The number of hydrogen-bond acceptors (Lipinski definition) is 7. The van der Waals surface area contributed by atoms with Crippen LogP contribution in [0.2, 0.25) is 0 Å². The highest BCUT2D eigenvalue weighted by atomic mass is 19.1. The van der Waals surface area contributed by atoms with Gasteiger partial charge in [0.2, 0.25) is 5.89 Å². The van der Waals surface area contributed by atoms with E-state index in [1.807, 2.05) is 0 Å². The summed E-state index contributed by atoms with van der Waals surface area (Å²) < 4.78 is 30.0. The lowest BCUT2D eigenvalue weighted by Gasteiger charge is -2.07. The number of halogens is 1. The SMILES string of the molecule is COc1ccc(-c2nnc(-c3ccc(C(=O)N/N=C/c4ccccc4F)cc3)o2)c(OC)c1. The third-order valence-corrected chi connectivity index (χ3v) is 4.73. The van der Waals surface area contributed by atoms with Crippen LogP contribution in [0.15, 0.2) is 76.2 Å². The molecule has 1 aromatic heterocycles. The summed E-state index contributed by atoms with van der Waals surface area (Å²) in [6.45, 7) is 0. The molecule has 0 aliphatic rings. The molecule has 0 saturated carbocycles. The first-order valence-electron chi connectivity index (χ1n) is 9.83. The first-order chi connectivity index (χ1) is 16.1. The Bertz CT molecular complexity index is 1300. The predicted molar refractivity (Wildman–Crippen MR) is 120 cm³/mol. The van der Waals surface area contributed by atoms with Crippen molar-refractivity contribution in [2.45, 2.75) is 0 Å². The van der Waals surface area contributed by atoms with Crippen LogP contribution in [0.4, 0.5) is 4.39 Å². The number of hydrogen-bond donors (Lipinski definition) is 1. The van der Waals surface area contributed by atoms with Crippen molar-refractivity contribution in [2.24, 2.45) is 5.10 Å². The van der Waals surface area contributed by atoms with Gasteiger partial charge in [-0.25, -0.2) is 9.82 Å². The normalized spacial score (nSPS) is 10.9. The van der Waals surface area contributed by atoms with Gasteiger partial charge in [-0.3, -0.25) is 4.79 Å². The zero-order valence-electron chi connectivity index (χ0n) is 17.8. The van der Waals surface area contributed by atoms with E-state index < -0.39 is 11.7 Å². The molecule has 0 unspecified atom stereocenters. The summed E-state index contributed by atoms with van der Waals surface area (Å²) in [5.41, 5.74) is 4.26. The summed E-state index contributed by atoms with van der Waals surface area (Å²) in [6, 6.07) is 17.9. The van der Waals surface area contributed by atoms with Gasteiger partial charge in [0, 0.05) is 22.8 Å². The van der Waals surface area contributed by atoms with E-state index >= 15 is 0 Å². The summed E-state index contributed by atoms with van der Waals surface area (Å²) in [5, 5.41) is 12.0. The average molecular weight is 446 g/mol. The molecule has 9 heteroatoms. The van der Waals surface area contributed by atoms with E-state index in [2.05, 4.69) is 20.7 Å². The molecule has 33 heavy (non-hydrogen) atoms. The van der Waals surface area contributed by atoms with Gasteiger partial charge in [-0.05, 0) is 42.5 Å². The van der Waals surface area contributed by atoms with Gasteiger partial charge < -0.3 is 13.9 Å². The molecule has 0 fully saturated rings. The van der Waals surface area contributed by atoms with Crippen LogP contribution in [0.3, 0.4) is 0 Å². The molecular weight excluding hydrogens is 427 g/mol. The molecule has 0 aliphatic heterocycles. The second kappa shape index (κ2) is 9.73. The van der Waals surface area contributed by atoms with Gasteiger partial charge in [-0.15, -0.1) is 10.2 Å². The fourth-order valence-electron chi connectivity index (χ4n) is 2.99. The van der Waals surface area contributed by atoms with Crippen LogP contribution < -0.4 is 14.9 Å². The molecule has 1 heterocycles. The number of nitrogens with one attached hydrogen (secondary N) is 1. The Morgan fingerprint density at radius 3 is 2.48 bits per heavy atom. The highest BCUT2D eigenvalue weighted by Gasteiger charge is 2.16. The van der Waals surface area contributed by atoms with Crippen molar-refractivity contribution in [1.29, 1.82) is 0 Å². The number of carbonyl (C=O) groups excluding carboxylic acids is 1. The molecule has 0 spiro atoms. The summed E-state index contributed by atoms with van der Waals surface area (Å²) in [4.78, 5) is 12.3. The number of aromatic nitrogens is 2. The average Bonchev–Trinajstić information content (AvgIpc) is 3.35. The van der Waals surface area contributed by atoms with E-state index in [-0.39, 0.29) is 17.3 Å². The van der Waals surface area contributed by atoms with Crippen molar-refractivity contribution in [2.75, 3.05) is 14.2 Å². The van der Waals surface area contributed by atoms with Gasteiger partial charge in [0.1, 0.15) is 17.3 Å². The minimum atomic E-state index is -0.441. The summed E-state index contributed by atoms with van der Waals surface area (Å²) in [6.07, 6.45) is 1.25. The van der Waals surface area contributed by atoms with Gasteiger partial charge in [0.05, 0.1) is 26.0 Å². The number of hydrazone groups is 1. The molecule has 0 saturated heterocycles. The second-order valence-electron chi connectivity index (χ2n) is 6.78. The summed E-state index contributed by atoms with van der Waals surface area (Å²) >= 11 is 0. The Hall–Kier alpha value is -4.53. The molecule has 8 nitrogen and oxygen atoms in total. The number of methoxy groups -OCH3 is 2. The largest absolute Gasteiger partial charge is 0.497 e. The molecule has 4 rings (SSSR count). The Morgan fingerprint density at radius 2 is 1.76 bits per heavy atom. The zero-order valence-corrected chi connectivity index (χ0v) is 17.8. The van der Waals surface area contributed by atoms with Gasteiger partial charge in [0.25, 0.3) is 11.8 Å². The molecule has 1 amide bonds. The third-order valence-electron chi connectivity index (χ3n) is 4.73. The van der Waals surface area contributed by atoms with E-state index in [0.717, 1.165) is 0 Å². The van der Waals surface area contributed by atoms with Crippen LogP contribution >= 0.6 is 0 Å². The predicted octanol–water partition coefficient (Wildman–Crippen LogP) is 4.32. The minimum absolute atomic E-state index is 0.272. The number of nitrogens with zero attached hydrogens (tertiary/aromatic N) is 3. The molecule has 0 bridgehead atoms. The molecule has 0 radical (unpaired) electrons. The standard InChI is InChI=1S/C24H19FN4O4/c1-31-18-11-12-19(21(13-18)32-2)24-29-28-23(33-24)16-9-7-15(8-10-16)22(30)27-26-14-17-5-3-4-6-20(17)25/h3-14H,1-2H3,(H,27,30)/b26-14+. The van der Waals surface area contributed by atoms with Crippen LogP contribution in [-0.4, -0.2) is 36.5 Å². The van der Waals surface area contributed by atoms with E-state index in [1.165, 1.54) is 12.3 Å². The molecule has 166 valence electrons. The maximum Gasteiger partial charge on any atom is 0.271 e. The van der Waals surface area contributed by atoms with Crippen LogP contribution in [0.5, 0.6) is 11.5 Å². The van der Waals surface area contributed by atoms with Gasteiger partial charge in [-0.1, -0.05) is 18.2 Å². The van der Waals surface area contributed by atoms with Gasteiger partial charge in [-0.2, -0.15) is 5.10 Å². The quantitative estimate of drug-likeness (QED) is 0.335. The number of amides is 1. The second-order valence-corrected chi connectivity index (χ2v) is 6.78. The molecule has 4 aromatic rings. The Kier molecular flexibility index (Phi) is 6.40. The number of benzene rings is 3. The molecule has 0 atom stereocenters. The lowest BCUT2D eigenvalue weighted by atomic mass is 10.1. The van der Waals surface area contributed by atoms with E-state index in [4.69, 9.17) is 13.9 Å². The van der Waals surface area contributed by atoms with Gasteiger partial charge >= 0.3 is 0 Å². The van der Waals surface area contributed by atoms with Crippen LogP contribution in [-0.2, 0) is 0 Å². The smallest absolute Gasteiger partial charge is 0.271 e. The lowest BCUT2D eigenvalue weighted by Crippen LogP contribution is -2.17. The van der Waals surface area contributed by atoms with Crippen molar-refractivity contribution in [3.63, 3.8) is 0 Å². The summed E-state index contributed by atoms with van der Waals surface area (Å²) in [7, 11) is 3.11. The van der Waals surface area contributed by atoms with Crippen LogP contribution in [0, 0.1) is 5.82 Å². The monoisotopic (exact) mass is 446 g/mol. The molecule has 0 aliphatic carbocycles. The topological polar surface area (TPSA) is 98.8 Å². The van der Waals surface area contributed by atoms with Crippen molar-refractivity contribution in [3.05, 3.63) is 83.7 Å². The number of carbonyl (C=O) groups is 1. The third kappa shape index (κ3) is 4.87. The fraction of sp³-hybridized carbons (Fsp3) is 0.0833. The molecule has 1 N–H and O–H groups in total. The van der Waals surface area contributed by atoms with Crippen LogP contribution in [0.1, 0.15) is 15.9 Å². The lowest BCUT2D eigenvalue weighted by molar-refractivity contribution is 0.0955. The first kappa shape index (κ1) is 21.7. The van der Waals surface area contributed by atoms with E-state index in [0.29, 0.717) is 28.2 Å². The highest BCUT2D eigenvalue weighted by molar-refractivity contribution is 5.95. The van der Waals surface area contributed by atoms with E-state index in [1.54, 1.807) is 74.9 Å². The van der Waals surface area contributed by atoms with Crippen molar-refractivity contribution >= 4 is 12.1 Å². The van der Waals surface area contributed by atoms with E-state index in [9.17, 15) is 9.18 Å². The van der Waals surface area contributed by atoms with Gasteiger partial charge in [0.15, 0.2) is 0 Å². The zero-order chi connectivity index (χ0) is 23.2. The maximum absolute atomic E-state index is 13.6. The van der Waals surface area contributed by atoms with Crippen molar-refractivity contribution in [3.8, 4) is 34.4 Å². The first-order valence-corrected chi connectivity index (χ1v) is 9.83. The molecule has 3 aromatic carbocycles. The van der Waals surface area contributed by atoms with Crippen LogP contribution in [0.25, 0.3) is 22.9 Å². The Balaban J connectivity index is 1.46. The summed E-state index contributed by atoms with van der Waals surface area (Å²) in [5.74, 6) is 0.880. The minimum Gasteiger partial charge on any atom is -0.497 e. The number of rotatable bonds is 7. The maximum atomic E-state index is 13.6. The fourth-order valence-corrected chi connectivity index (χ4v) is 2.99. The molecular formula is C24H19FN4O4. The highest BCUT2D eigenvalue weighted by Crippen LogP contribution is 2.33. The number of ether oxygens (including phenoxy) is 2.